The van der Waals surface area contributed by atoms with Gasteiger partial charge in [-0.25, -0.2) is 9.97 Å². The van der Waals surface area contributed by atoms with E-state index in [1.54, 1.807) is 0 Å². The lowest BCUT2D eigenvalue weighted by molar-refractivity contribution is 0.102. The molecule has 0 radical (unpaired) electrons. The molecule has 2 heterocycles. The summed E-state index contributed by atoms with van der Waals surface area (Å²) < 4.78 is 0. The number of anilines is 2. The minimum absolute atomic E-state index is 0.206. The molecular weight excluding hydrogens is 324 g/mol. The van der Waals surface area contributed by atoms with Crippen LogP contribution in [0, 0.1) is 13.8 Å². The van der Waals surface area contributed by atoms with Gasteiger partial charge in [0, 0.05) is 18.8 Å². The minimum Gasteiger partial charge on any atom is -0.355 e. The Bertz CT molecular complexity index is 957. The Labute approximate surface area is 153 Å². The van der Waals surface area contributed by atoms with E-state index in [-0.39, 0.29) is 5.91 Å². The molecule has 0 atom stereocenters. The predicted molar refractivity (Wildman–Crippen MR) is 105 cm³/mol. The number of nitrogens with one attached hydrogen (secondary N) is 1. The van der Waals surface area contributed by atoms with E-state index in [4.69, 9.17) is 4.98 Å². The van der Waals surface area contributed by atoms with E-state index in [0.29, 0.717) is 11.5 Å². The van der Waals surface area contributed by atoms with Crippen LogP contribution in [0.15, 0.2) is 42.5 Å². The zero-order valence-electron chi connectivity index (χ0n) is 15.1. The van der Waals surface area contributed by atoms with Crippen LogP contribution in [0.3, 0.4) is 0 Å². The van der Waals surface area contributed by atoms with E-state index >= 15 is 0 Å². The highest BCUT2D eigenvalue weighted by molar-refractivity contribution is 6.07. The van der Waals surface area contributed by atoms with Crippen LogP contribution in [0.1, 0.15) is 34.5 Å². The first-order chi connectivity index (χ1) is 12.6. The monoisotopic (exact) mass is 346 g/mol. The molecule has 5 nitrogen and oxygen atoms in total. The number of para-hydroxylation sites is 3. The lowest BCUT2D eigenvalue weighted by atomic mass is 10.1. The summed E-state index contributed by atoms with van der Waals surface area (Å²) in [5.74, 6) is 0.479. The first kappa shape index (κ1) is 16.5. The maximum absolute atomic E-state index is 13.1. The molecule has 1 aromatic heterocycles. The summed E-state index contributed by atoms with van der Waals surface area (Å²) in [6.45, 7) is 5.82. The molecule has 0 spiro atoms. The first-order valence-electron chi connectivity index (χ1n) is 9.03. The quantitative estimate of drug-likeness (QED) is 0.776. The Balaban J connectivity index is 1.78. The van der Waals surface area contributed by atoms with Crippen molar-refractivity contribution in [3.63, 3.8) is 0 Å². The van der Waals surface area contributed by atoms with Crippen molar-refractivity contribution in [2.45, 2.75) is 26.7 Å². The molecule has 26 heavy (non-hydrogen) atoms. The van der Waals surface area contributed by atoms with Crippen LogP contribution in [0.25, 0.3) is 11.0 Å². The first-order valence-corrected chi connectivity index (χ1v) is 9.03. The molecule has 1 N–H and O–H groups in total. The molecule has 2 aromatic carbocycles. The maximum Gasteiger partial charge on any atom is 0.278 e. The second kappa shape index (κ2) is 6.75. The number of aromatic nitrogens is 2. The molecule has 1 amide bonds. The Hall–Kier alpha value is -2.95. The number of rotatable bonds is 3. The number of benzene rings is 2. The average molecular weight is 346 g/mol. The van der Waals surface area contributed by atoms with Gasteiger partial charge in [-0.15, -0.1) is 0 Å². The maximum atomic E-state index is 13.1. The highest BCUT2D eigenvalue weighted by atomic mass is 16.1. The number of amides is 1. The van der Waals surface area contributed by atoms with Crippen molar-refractivity contribution >= 4 is 28.4 Å². The lowest BCUT2D eigenvalue weighted by Gasteiger charge is -2.20. The standard InChI is InChI=1S/C21H22N4O/c1-14-8-7-9-15(2)18(14)24-21(26)19-20(25-12-5-6-13-25)23-17-11-4-3-10-16(17)22-19/h3-4,7-11H,5-6,12-13H2,1-2H3,(H,24,26). The lowest BCUT2D eigenvalue weighted by Crippen LogP contribution is -2.25. The molecule has 1 saturated heterocycles. The van der Waals surface area contributed by atoms with Gasteiger partial charge in [0.25, 0.3) is 5.91 Å². The number of nitrogens with zero attached hydrogens (tertiary/aromatic N) is 3. The summed E-state index contributed by atoms with van der Waals surface area (Å²) in [7, 11) is 0. The van der Waals surface area contributed by atoms with Gasteiger partial charge in [-0.3, -0.25) is 4.79 Å². The topological polar surface area (TPSA) is 58.1 Å². The third-order valence-electron chi connectivity index (χ3n) is 4.89. The van der Waals surface area contributed by atoms with Crippen LogP contribution in [0.5, 0.6) is 0 Å². The van der Waals surface area contributed by atoms with Crippen LogP contribution in [-0.4, -0.2) is 29.0 Å². The molecule has 132 valence electrons. The van der Waals surface area contributed by atoms with E-state index in [9.17, 15) is 4.79 Å². The summed E-state index contributed by atoms with van der Waals surface area (Å²) in [5, 5.41) is 3.06. The fraction of sp³-hybridized carbons (Fsp3) is 0.286. The Morgan fingerprint density at radius 1 is 0.923 bits per heavy atom. The second-order valence-corrected chi connectivity index (χ2v) is 6.80. The van der Waals surface area contributed by atoms with Crippen LogP contribution in [0.4, 0.5) is 11.5 Å². The minimum atomic E-state index is -0.206. The van der Waals surface area contributed by atoms with Crippen molar-refractivity contribution in [1.29, 1.82) is 0 Å². The molecule has 0 aliphatic carbocycles. The number of fused-ring (bicyclic) bond motifs is 1. The Kier molecular flexibility index (Phi) is 4.29. The number of aryl methyl sites for hydroxylation is 2. The number of hydrogen-bond donors (Lipinski definition) is 1. The van der Waals surface area contributed by atoms with E-state index < -0.39 is 0 Å². The third kappa shape index (κ3) is 3.01. The highest BCUT2D eigenvalue weighted by Gasteiger charge is 2.24. The Morgan fingerprint density at radius 2 is 1.54 bits per heavy atom. The van der Waals surface area contributed by atoms with E-state index in [1.165, 1.54) is 0 Å². The van der Waals surface area contributed by atoms with Crippen molar-refractivity contribution in [3.8, 4) is 0 Å². The summed E-state index contributed by atoms with van der Waals surface area (Å²) in [6, 6.07) is 13.7. The van der Waals surface area contributed by atoms with Gasteiger partial charge in [0.1, 0.15) is 0 Å². The molecular formula is C21H22N4O. The molecule has 0 unspecified atom stereocenters. The molecule has 1 fully saturated rings. The van der Waals surface area contributed by atoms with Crippen LogP contribution in [0.2, 0.25) is 0 Å². The number of carbonyl (C=O) groups excluding carboxylic acids is 1. The van der Waals surface area contributed by atoms with Gasteiger partial charge in [0.05, 0.1) is 11.0 Å². The van der Waals surface area contributed by atoms with Gasteiger partial charge < -0.3 is 10.2 Å². The second-order valence-electron chi connectivity index (χ2n) is 6.80. The van der Waals surface area contributed by atoms with Crippen molar-refractivity contribution in [2.75, 3.05) is 23.3 Å². The van der Waals surface area contributed by atoms with Crippen molar-refractivity contribution in [1.82, 2.24) is 9.97 Å². The molecule has 0 saturated carbocycles. The SMILES string of the molecule is Cc1cccc(C)c1NC(=O)c1nc2ccccc2nc1N1CCCC1. The fourth-order valence-corrected chi connectivity index (χ4v) is 3.48. The zero-order valence-corrected chi connectivity index (χ0v) is 15.1. The van der Waals surface area contributed by atoms with Crippen molar-refractivity contribution in [3.05, 3.63) is 59.3 Å². The zero-order chi connectivity index (χ0) is 18.1. The molecule has 3 aromatic rings. The van der Waals surface area contributed by atoms with Gasteiger partial charge in [-0.1, -0.05) is 30.3 Å². The average Bonchev–Trinajstić information content (AvgIpc) is 3.18. The van der Waals surface area contributed by atoms with Crippen LogP contribution >= 0.6 is 0 Å². The van der Waals surface area contributed by atoms with E-state index in [0.717, 1.165) is 53.8 Å². The third-order valence-corrected chi connectivity index (χ3v) is 4.89. The largest absolute Gasteiger partial charge is 0.355 e. The molecule has 5 heteroatoms. The normalized spacial score (nSPS) is 14.0. The fourth-order valence-electron chi connectivity index (χ4n) is 3.48. The number of carbonyl (C=O) groups is 1. The van der Waals surface area contributed by atoms with Gasteiger partial charge in [0.2, 0.25) is 0 Å². The smallest absolute Gasteiger partial charge is 0.278 e. The van der Waals surface area contributed by atoms with Crippen LogP contribution < -0.4 is 10.2 Å². The molecule has 1 aliphatic rings. The van der Waals surface area contributed by atoms with Crippen molar-refractivity contribution in [2.24, 2.45) is 0 Å². The highest BCUT2D eigenvalue weighted by Crippen LogP contribution is 2.26. The van der Waals surface area contributed by atoms with E-state index in [2.05, 4.69) is 15.2 Å². The summed E-state index contributed by atoms with van der Waals surface area (Å²) in [4.78, 5) is 24.7. The van der Waals surface area contributed by atoms with Crippen LogP contribution in [-0.2, 0) is 0 Å². The van der Waals surface area contributed by atoms with Gasteiger partial charge in [-0.05, 0) is 49.9 Å². The summed E-state index contributed by atoms with van der Waals surface area (Å²) in [6.07, 6.45) is 2.24. The van der Waals surface area contributed by atoms with Gasteiger partial charge in [0.15, 0.2) is 11.5 Å². The van der Waals surface area contributed by atoms with Crippen molar-refractivity contribution < 1.29 is 4.79 Å². The molecule has 0 bridgehead atoms. The predicted octanol–water partition coefficient (Wildman–Crippen LogP) is 4.10. The van der Waals surface area contributed by atoms with E-state index in [1.807, 2.05) is 56.3 Å². The van der Waals surface area contributed by atoms with Gasteiger partial charge in [-0.2, -0.15) is 0 Å². The number of hydrogen-bond acceptors (Lipinski definition) is 4. The molecule has 4 rings (SSSR count). The Morgan fingerprint density at radius 3 is 2.19 bits per heavy atom. The summed E-state index contributed by atoms with van der Waals surface area (Å²) >= 11 is 0. The summed E-state index contributed by atoms with van der Waals surface area (Å²) in [5.41, 5.74) is 4.87. The molecule has 1 aliphatic heterocycles. The van der Waals surface area contributed by atoms with Gasteiger partial charge >= 0.3 is 0 Å².